The summed E-state index contributed by atoms with van der Waals surface area (Å²) in [7, 11) is 3.01. The van der Waals surface area contributed by atoms with Crippen LogP contribution in [-0.4, -0.2) is 38.0 Å². The van der Waals surface area contributed by atoms with Crippen LogP contribution in [-0.2, 0) is 4.79 Å². The molecule has 3 amide bonds. The van der Waals surface area contributed by atoms with Crippen LogP contribution < -0.4 is 31.2 Å². The van der Waals surface area contributed by atoms with E-state index in [-0.39, 0.29) is 12.3 Å². The maximum absolute atomic E-state index is 13.1. The number of benzene rings is 3. The molecule has 0 unspecified atom stereocenters. The normalized spacial score (nSPS) is 11.1. The lowest BCUT2D eigenvalue weighted by atomic mass is 10.0. The van der Waals surface area contributed by atoms with Crippen molar-refractivity contribution < 1.29 is 23.9 Å². The topological polar surface area (TPSA) is 156 Å². The molecule has 39 heavy (non-hydrogen) atoms. The van der Waals surface area contributed by atoms with Crippen LogP contribution in [0.25, 0.3) is 0 Å². The molecule has 3 aromatic carbocycles. The molecule has 10 heteroatoms. The smallest absolute Gasteiger partial charge is 0.256 e. The highest BCUT2D eigenvalue weighted by molar-refractivity contribution is 6.09. The highest BCUT2D eigenvalue weighted by atomic mass is 16.5. The summed E-state index contributed by atoms with van der Waals surface area (Å²) in [5.41, 5.74) is 10.2. The zero-order chi connectivity index (χ0) is 28.7. The molecule has 0 spiro atoms. The molecule has 1 atom stereocenters. The molecule has 0 radical (unpaired) electrons. The molecular formula is C29H31N5O5. The van der Waals surface area contributed by atoms with E-state index in [0.29, 0.717) is 45.3 Å². The van der Waals surface area contributed by atoms with E-state index < -0.39 is 17.9 Å². The number of aryl methyl sites for hydroxylation is 1. The number of nitrogens with two attached hydrogens (primary N) is 1. The standard InChI is InChI=1S/C29H31N5O5/c1-16-6-12-23(25(38-4)17(16)2)34-28(36)21-11-13-24(26(39-5)18(21)3)33-27(35)19-7-9-20(10-8-19)32-29(37)22(31)14-15-30/h6-13,22H,14,31H2,1-5H3,(H,32,37)(H,33,35)(H,34,36)/t22-/m0/s1. The number of rotatable bonds is 9. The fourth-order valence-electron chi connectivity index (χ4n) is 3.97. The number of anilines is 3. The number of hydrogen-bond donors (Lipinski definition) is 4. The summed E-state index contributed by atoms with van der Waals surface area (Å²) in [6.07, 6.45) is -0.103. The first-order valence-electron chi connectivity index (χ1n) is 12.1. The Hall–Kier alpha value is -4.88. The van der Waals surface area contributed by atoms with Gasteiger partial charge in [0.05, 0.1) is 44.1 Å². The van der Waals surface area contributed by atoms with Crippen LogP contribution in [0.3, 0.4) is 0 Å². The van der Waals surface area contributed by atoms with Gasteiger partial charge in [-0.3, -0.25) is 14.4 Å². The van der Waals surface area contributed by atoms with Gasteiger partial charge >= 0.3 is 0 Å². The molecule has 0 fully saturated rings. The minimum atomic E-state index is -0.943. The quantitative estimate of drug-likeness (QED) is 0.322. The van der Waals surface area contributed by atoms with Crippen molar-refractivity contribution in [1.82, 2.24) is 0 Å². The number of amides is 3. The van der Waals surface area contributed by atoms with Crippen molar-refractivity contribution in [3.8, 4) is 17.6 Å². The zero-order valence-electron chi connectivity index (χ0n) is 22.5. The predicted molar refractivity (Wildman–Crippen MR) is 149 cm³/mol. The SMILES string of the molecule is COc1c(NC(=O)c2ccc(NC(=O)c3ccc(NC(=O)[C@@H](N)CC#N)cc3)c(OC)c2C)ccc(C)c1C. The van der Waals surface area contributed by atoms with E-state index in [1.54, 1.807) is 56.5 Å². The minimum absolute atomic E-state index is 0.103. The Balaban J connectivity index is 1.76. The maximum atomic E-state index is 13.1. The van der Waals surface area contributed by atoms with Crippen LogP contribution in [0, 0.1) is 32.1 Å². The second-order valence-corrected chi connectivity index (χ2v) is 8.85. The van der Waals surface area contributed by atoms with Gasteiger partial charge < -0.3 is 31.2 Å². The molecule has 0 saturated heterocycles. The Kier molecular flexibility index (Phi) is 9.25. The third-order valence-corrected chi connectivity index (χ3v) is 6.29. The third kappa shape index (κ3) is 6.52. The highest BCUT2D eigenvalue weighted by Crippen LogP contribution is 2.34. The highest BCUT2D eigenvalue weighted by Gasteiger charge is 2.20. The molecule has 5 N–H and O–H groups in total. The van der Waals surface area contributed by atoms with Crippen molar-refractivity contribution >= 4 is 34.8 Å². The van der Waals surface area contributed by atoms with Crippen molar-refractivity contribution in [2.45, 2.75) is 33.2 Å². The van der Waals surface area contributed by atoms with E-state index >= 15 is 0 Å². The molecule has 0 saturated carbocycles. The number of ether oxygens (including phenoxy) is 2. The summed E-state index contributed by atoms with van der Waals surface area (Å²) in [5.74, 6) is -0.318. The number of nitrogens with zero attached hydrogens (tertiary/aromatic N) is 1. The molecule has 3 aromatic rings. The monoisotopic (exact) mass is 529 g/mol. The Bertz CT molecular complexity index is 1440. The lowest BCUT2D eigenvalue weighted by molar-refractivity contribution is -0.117. The summed E-state index contributed by atoms with van der Waals surface area (Å²) in [6.45, 7) is 5.62. The molecular weight excluding hydrogens is 498 g/mol. The predicted octanol–water partition coefficient (Wildman–Crippen LogP) is 4.31. The van der Waals surface area contributed by atoms with Crippen molar-refractivity contribution in [3.63, 3.8) is 0 Å². The number of carbonyl (C=O) groups is 3. The molecule has 0 aromatic heterocycles. The van der Waals surface area contributed by atoms with E-state index in [1.165, 1.54) is 7.11 Å². The molecule has 202 valence electrons. The van der Waals surface area contributed by atoms with Crippen molar-refractivity contribution in [2.75, 3.05) is 30.2 Å². The number of nitrogens with one attached hydrogen (secondary N) is 3. The van der Waals surface area contributed by atoms with Gasteiger partial charge in [0.1, 0.15) is 11.5 Å². The first-order valence-corrected chi connectivity index (χ1v) is 12.1. The number of carbonyl (C=O) groups excluding carboxylic acids is 3. The summed E-state index contributed by atoms with van der Waals surface area (Å²) >= 11 is 0. The van der Waals surface area contributed by atoms with Gasteiger partial charge in [0.15, 0.2) is 0 Å². The molecule has 0 aliphatic rings. The Morgan fingerprint density at radius 1 is 0.821 bits per heavy atom. The lowest BCUT2D eigenvalue weighted by Gasteiger charge is -2.17. The Morgan fingerprint density at radius 3 is 1.97 bits per heavy atom. The van der Waals surface area contributed by atoms with Gasteiger partial charge in [-0.1, -0.05) is 6.07 Å². The Labute approximate surface area is 227 Å². The average molecular weight is 530 g/mol. The number of methoxy groups -OCH3 is 2. The van der Waals surface area contributed by atoms with Gasteiger partial charge in [-0.15, -0.1) is 0 Å². The van der Waals surface area contributed by atoms with Gasteiger partial charge in [-0.05, 0) is 74.4 Å². The second-order valence-electron chi connectivity index (χ2n) is 8.85. The molecule has 0 aliphatic heterocycles. The molecule has 3 rings (SSSR count). The van der Waals surface area contributed by atoms with Crippen LogP contribution in [0.15, 0.2) is 48.5 Å². The van der Waals surface area contributed by atoms with Crippen LogP contribution in [0.4, 0.5) is 17.1 Å². The van der Waals surface area contributed by atoms with Gasteiger partial charge in [0.2, 0.25) is 5.91 Å². The van der Waals surface area contributed by atoms with Crippen molar-refractivity contribution in [2.24, 2.45) is 5.73 Å². The van der Waals surface area contributed by atoms with Gasteiger partial charge in [-0.2, -0.15) is 5.26 Å². The maximum Gasteiger partial charge on any atom is 0.256 e. The minimum Gasteiger partial charge on any atom is -0.494 e. The van der Waals surface area contributed by atoms with E-state index in [1.807, 2.05) is 26.0 Å². The lowest BCUT2D eigenvalue weighted by Crippen LogP contribution is -2.35. The largest absolute Gasteiger partial charge is 0.494 e. The Morgan fingerprint density at radius 2 is 1.38 bits per heavy atom. The molecule has 10 nitrogen and oxygen atoms in total. The van der Waals surface area contributed by atoms with E-state index in [0.717, 1.165) is 11.1 Å². The van der Waals surface area contributed by atoms with E-state index in [2.05, 4.69) is 16.0 Å². The summed E-state index contributed by atoms with van der Waals surface area (Å²) < 4.78 is 11.0. The molecule has 0 heterocycles. The van der Waals surface area contributed by atoms with Crippen LogP contribution in [0.2, 0.25) is 0 Å². The summed E-state index contributed by atoms with van der Waals surface area (Å²) in [6, 6.07) is 14.0. The van der Waals surface area contributed by atoms with Crippen LogP contribution >= 0.6 is 0 Å². The van der Waals surface area contributed by atoms with Crippen molar-refractivity contribution in [1.29, 1.82) is 5.26 Å². The summed E-state index contributed by atoms with van der Waals surface area (Å²) in [4.78, 5) is 38.0. The number of nitriles is 1. The van der Waals surface area contributed by atoms with Crippen molar-refractivity contribution in [3.05, 3.63) is 76.3 Å². The average Bonchev–Trinajstić information content (AvgIpc) is 2.91. The first kappa shape index (κ1) is 28.7. The first-order chi connectivity index (χ1) is 18.6. The fourth-order valence-corrected chi connectivity index (χ4v) is 3.97. The van der Waals surface area contributed by atoms with Gasteiger partial charge in [0.25, 0.3) is 11.8 Å². The van der Waals surface area contributed by atoms with Gasteiger partial charge in [0, 0.05) is 22.4 Å². The van der Waals surface area contributed by atoms with E-state index in [4.69, 9.17) is 20.5 Å². The fraction of sp³-hybridized carbons (Fsp3) is 0.241. The molecule has 0 bridgehead atoms. The molecule has 0 aliphatic carbocycles. The van der Waals surface area contributed by atoms with E-state index in [9.17, 15) is 14.4 Å². The van der Waals surface area contributed by atoms with Crippen LogP contribution in [0.5, 0.6) is 11.5 Å². The van der Waals surface area contributed by atoms with Gasteiger partial charge in [-0.25, -0.2) is 0 Å². The summed E-state index contributed by atoms with van der Waals surface area (Å²) in [5, 5.41) is 17.0. The second kappa shape index (κ2) is 12.6. The number of hydrogen-bond acceptors (Lipinski definition) is 7. The zero-order valence-corrected chi connectivity index (χ0v) is 22.5. The van der Waals surface area contributed by atoms with Crippen LogP contribution in [0.1, 0.15) is 43.8 Å². The third-order valence-electron chi connectivity index (χ3n) is 6.29.